The number of guanidine groups is 1. The molecule has 0 bridgehead atoms. The van der Waals surface area contributed by atoms with Gasteiger partial charge >= 0.3 is 0 Å². The van der Waals surface area contributed by atoms with Crippen LogP contribution in [0.4, 0.5) is 0 Å². The quantitative estimate of drug-likeness (QED) is 0.193. The van der Waals surface area contributed by atoms with Crippen molar-refractivity contribution in [3.8, 4) is 5.75 Å². The molecule has 164 valence electrons. The molecule has 0 spiro atoms. The molecule has 0 saturated heterocycles. The molecule has 2 aromatic carbocycles. The first-order valence-electron chi connectivity index (χ1n) is 10.1. The van der Waals surface area contributed by atoms with Crippen LogP contribution in [0.1, 0.15) is 34.8 Å². The van der Waals surface area contributed by atoms with Gasteiger partial charge in [-0.2, -0.15) is 0 Å². The maximum Gasteiger partial charge on any atom is 0.251 e. The van der Waals surface area contributed by atoms with Crippen molar-refractivity contribution in [3.05, 3.63) is 65.2 Å². The number of aryl methyl sites for hydroxylation is 1. The van der Waals surface area contributed by atoms with Crippen molar-refractivity contribution in [1.82, 2.24) is 16.0 Å². The number of aliphatic imine (C=N–C) groups is 1. The zero-order chi connectivity index (χ0) is 20.9. The molecule has 0 unspecified atom stereocenters. The number of hydrogen-bond donors (Lipinski definition) is 3. The number of nitrogens with one attached hydrogen (secondary N) is 3. The molecule has 3 N–H and O–H groups in total. The Labute approximate surface area is 196 Å². The summed E-state index contributed by atoms with van der Waals surface area (Å²) in [5.74, 6) is 1.62. The average Bonchev–Trinajstić information content (AvgIpc) is 2.74. The van der Waals surface area contributed by atoms with Crippen molar-refractivity contribution in [2.75, 3.05) is 33.3 Å². The summed E-state index contributed by atoms with van der Waals surface area (Å²) in [7, 11) is 1.64. The number of nitrogens with zero attached hydrogens (tertiary/aromatic N) is 1. The standard InChI is InChI=1S/C23H32N4O2.HI/c1-4-25-23(26-14-6-16-29-21-11-9-18(2)10-12-21)27-15-13-19-7-5-8-20(17-19)22(28)24-3;/h5,7-12,17H,4,6,13-16H2,1-3H3,(H,24,28)(H2,25,26,27);1H. The van der Waals surface area contributed by atoms with Gasteiger partial charge in [0.2, 0.25) is 0 Å². The van der Waals surface area contributed by atoms with Gasteiger partial charge in [-0.25, -0.2) is 0 Å². The van der Waals surface area contributed by atoms with Gasteiger partial charge in [0.05, 0.1) is 6.61 Å². The van der Waals surface area contributed by atoms with E-state index >= 15 is 0 Å². The van der Waals surface area contributed by atoms with Gasteiger partial charge < -0.3 is 20.7 Å². The molecule has 2 aromatic rings. The van der Waals surface area contributed by atoms with Crippen molar-refractivity contribution in [3.63, 3.8) is 0 Å². The third-order valence-corrected chi connectivity index (χ3v) is 4.33. The summed E-state index contributed by atoms with van der Waals surface area (Å²) in [5.41, 5.74) is 3.02. The molecule has 7 heteroatoms. The van der Waals surface area contributed by atoms with Crippen molar-refractivity contribution in [1.29, 1.82) is 0 Å². The summed E-state index contributed by atoms with van der Waals surface area (Å²) in [6.45, 7) is 6.98. The predicted molar refractivity (Wildman–Crippen MR) is 134 cm³/mol. The number of carbonyl (C=O) groups excluding carboxylic acids is 1. The van der Waals surface area contributed by atoms with E-state index in [-0.39, 0.29) is 29.9 Å². The summed E-state index contributed by atoms with van der Waals surface area (Å²) >= 11 is 0. The third-order valence-electron chi connectivity index (χ3n) is 4.33. The molecule has 1 amide bonds. The summed E-state index contributed by atoms with van der Waals surface area (Å²) in [4.78, 5) is 16.3. The van der Waals surface area contributed by atoms with Gasteiger partial charge in [-0.05, 0) is 50.1 Å². The second kappa shape index (κ2) is 14.7. The van der Waals surface area contributed by atoms with Gasteiger partial charge in [0, 0.05) is 38.7 Å². The van der Waals surface area contributed by atoms with E-state index in [0.717, 1.165) is 43.2 Å². The molecule has 0 aliphatic rings. The Bertz CT molecular complexity index is 794. The van der Waals surface area contributed by atoms with E-state index in [4.69, 9.17) is 4.74 Å². The molecular weight excluding hydrogens is 491 g/mol. The van der Waals surface area contributed by atoms with E-state index in [2.05, 4.69) is 27.9 Å². The maximum absolute atomic E-state index is 11.7. The Morgan fingerprint density at radius 2 is 1.87 bits per heavy atom. The molecule has 0 aromatic heterocycles. The fourth-order valence-electron chi connectivity index (χ4n) is 2.76. The zero-order valence-corrected chi connectivity index (χ0v) is 20.4. The van der Waals surface area contributed by atoms with Crippen LogP contribution in [0.25, 0.3) is 0 Å². The lowest BCUT2D eigenvalue weighted by Crippen LogP contribution is -2.38. The Morgan fingerprint density at radius 3 is 2.57 bits per heavy atom. The van der Waals surface area contributed by atoms with Gasteiger partial charge in [-0.3, -0.25) is 9.79 Å². The van der Waals surface area contributed by atoms with Gasteiger partial charge in [0.15, 0.2) is 5.96 Å². The first-order chi connectivity index (χ1) is 14.1. The van der Waals surface area contributed by atoms with Crippen molar-refractivity contribution in [2.45, 2.75) is 26.7 Å². The predicted octanol–water partition coefficient (Wildman–Crippen LogP) is 3.54. The lowest BCUT2D eigenvalue weighted by atomic mass is 10.1. The Morgan fingerprint density at radius 1 is 1.10 bits per heavy atom. The van der Waals surface area contributed by atoms with Crippen LogP contribution in [-0.4, -0.2) is 45.2 Å². The molecule has 2 rings (SSSR count). The number of carbonyl (C=O) groups is 1. The highest BCUT2D eigenvalue weighted by molar-refractivity contribution is 14.0. The van der Waals surface area contributed by atoms with E-state index in [1.54, 1.807) is 7.05 Å². The number of rotatable bonds is 10. The Hall–Kier alpha value is -2.29. The molecule has 0 aliphatic heterocycles. The van der Waals surface area contributed by atoms with E-state index < -0.39 is 0 Å². The molecule has 0 radical (unpaired) electrons. The van der Waals surface area contributed by atoms with Crippen molar-refractivity contribution < 1.29 is 9.53 Å². The van der Waals surface area contributed by atoms with E-state index in [1.165, 1.54) is 5.56 Å². The van der Waals surface area contributed by atoms with E-state index in [1.807, 2.05) is 55.5 Å². The Kier molecular flexibility index (Phi) is 12.6. The normalized spacial score (nSPS) is 10.7. The smallest absolute Gasteiger partial charge is 0.251 e. The number of amides is 1. The molecule has 0 atom stereocenters. The number of halogens is 1. The summed E-state index contributed by atoms with van der Waals surface area (Å²) in [5, 5.41) is 9.25. The van der Waals surface area contributed by atoms with Crippen LogP contribution in [-0.2, 0) is 6.42 Å². The highest BCUT2D eigenvalue weighted by Crippen LogP contribution is 2.11. The summed E-state index contributed by atoms with van der Waals surface area (Å²) in [6, 6.07) is 15.8. The van der Waals surface area contributed by atoms with E-state index in [9.17, 15) is 4.79 Å². The van der Waals surface area contributed by atoms with Crippen LogP contribution in [0.5, 0.6) is 5.75 Å². The average molecular weight is 524 g/mol. The molecule has 0 aliphatic carbocycles. The minimum absolute atomic E-state index is 0. The molecule has 0 saturated carbocycles. The van der Waals surface area contributed by atoms with Gasteiger partial charge in [-0.15, -0.1) is 24.0 Å². The molecular formula is C23H33IN4O2. The fraction of sp³-hybridized carbons (Fsp3) is 0.391. The SMILES string of the molecule is CCNC(=NCCCOc1ccc(C)cc1)NCCc1cccc(C(=O)NC)c1.I. The van der Waals surface area contributed by atoms with Crippen LogP contribution < -0.4 is 20.7 Å². The molecule has 30 heavy (non-hydrogen) atoms. The van der Waals surface area contributed by atoms with Crippen LogP contribution >= 0.6 is 24.0 Å². The van der Waals surface area contributed by atoms with Crippen LogP contribution in [0.15, 0.2) is 53.5 Å². The topological polar surface area (TPSA) is 74.8 Å². The lowest BCUT2D eigenvalue weighted by Gasteiger charge is -2.12. The first kappa shape index (κ1) is 25.7. The number of hydrogen-bond acceptors (Lipinski definition) is 3. The zero-order valence-electron chi connectivity index (χ0n) is 18.0. The maximum atomic E-state index is 11.7. The van der Waals surface area contributed by atoms with Crippen LogP contribution in [0, 0.1) is 6.92 Å². The van der Waals surface area contributed by atoms with Crippen molar-refractivity contribution >= 4 is 35.8 Å². The minimum Gasteiger partial charge on any atom is -0.494 e. The van der Waals surface area contributed by atoms with Crippen LogP contribution in [0.3, 0.4) is 0 Å². The number of benzene rings is 2. The first-order valence-corrected chi connectivity index (χ1v) is 10.1. The fourth-order valence-corrected chi connectivity index (χ4v) is 2.76. The van der Waals surface area contributed by atoms with E-state index in [0.29, 0.717) is 18.7 Å². The highest BCUT2D eigenvalue weighted by Gasteiger charge is 2.04. The summed E-state index contributed by atoms with van der Waals surface area (Å²) < 4.78 is 5.74. The number of ether oxygens (including phenoxy) is 1. The largest absolute Gasteiger partial charge is 0.494 e. The molecule has 0 heterocycles. The second-order valence-electron chi connectivity index (χ2n) is 6.73. The molecule has 6 nitrogen and oxygen atoms in total. The monoisotopic (exact) mass is 524 g/mol. The second-order valence-corrected chi connectivity index (χ2v) is 6.73. The van der Waals surface area contributed by atoms with Gasteiger partial charge in [-0.1, -0.05) is 29.8 Å². The third kappa shape index (κ3) is 9.47. The Balaban J connectivity index is 0.00000450. The van der Waals surface area contributed by atoms with Gasteiger partial charge in [0.25, 0.3) is 5.91 Å². The van der Waals surface area contributed by atoms with Gasteiger partial charge in [0.1, 0.15) is 5.75 Å². The molecule has 0 fully saturated rings. The minimum atomic E-state index is -0.0671. The lowest BCUT2D eigenvalue weighted by molar-refractivity contribution is 0.0963. The van der Waals surface area contributed by atoms with Crippen LogP contribution in [0.2, 0.25) is 0 Å². The summed E-state index contributed by atoms with van der Waals surface area (Å²) in [6.07, 6.45) is 1.66. The highest BCUT2D eigenvalue weighted by atomic mass is 127. The van der Waals surface area contributed by atoms with Crippen molar-refractivity contribution in [2.24, 2.45) is 4.99 Å².